The molecule has 7 heteroatoms. The molecule has 5 nitrogen and oxygen atoms in total. The van der Waals surface area contributed by atoms with Gasteiger partial charge in [-0.1, -0.05) is 43.1 Å². The van der Waals surface area contributed by atoms with Gasteiger partial charge in [0.15, 0.2) is 0 Å². The zero-order valence-electron chi connectivity index (χ0n) is 13.4. The minimum absolute atomic E-state index is 0.122. The van der Waals surface area contributed by atoms with Gasteiger partial charge in [-0.25, -0.2) is 4.79 Å². The fourth-order valence-electron chi connectivity index (χ4n) is 2.33. The van der Waals surface area contributed by atoms with Crippen LogP contribution in [-0.2, 0) is 9.59 Å². The maximum Gasteiger partial charge on any atom is 0.331 e. The number of hydrogen-bond donors (Lipinski definition) is 1. The van der Waals surface area contributed by atoms with Gasteiger partial charge in [0.1, 0.15) is 5.57 Å². The van der Waals surface area contributed by atoms with Crippen molar-refractivity contribution in [3.05, 3.63) is 39.4 Å². The summed E-state index contributed by atoms with van der Waals surface area (Å²) >= 11 is 11.9. The summed E-state index contributed by atoms with van der Waals surface area (Å²) in [5.74, 6) is -0.868. The zero-order valence-corrected chi connectivity index (χ0v) is 14.9. The molecule has 1 saturated heterocycles. The van der Waals surface area contributed by atoms with E-state index in [1.807, 2.05) is 0 Å². The van der Waals surface area contributed by atoms with Gasteiger partial charge in [-0.3, -0.25) is 19.8 Å². The molecule has 1 aliphatic heterocycles. The molecule has 1 fully saturated rings. The normalized spacial score (nSPS) is 17.0. The van der Waals surface area contributed by atoms with Crippen molar-refractivity contribution >= 4 is 47.1 Å². The van der Waals surface area contributed by atoms with E-state index in [0.29, 0.717) is 27.9 Å². The average molecular weight is 369 g/mol. The third-order valence-electron chi connectivity index (χ3n) is 3.61. The third kappa shape index (κ3) is 4.36. The first kappa shape index (κ1) is 18.5. The Morgan fingerprint density at radius 1 is 1.21 bits per heavy atom. The second-order valence-electron chi connectivity index (χ2n) is 5.98. The predicted octanol–water partition coefficient (Wildman–Crippen LogP) is 3.89. The smallest absolute Gasteiger partial charge is 0.273 e. The van der Waals surface area contributed by atoms with E-state index in [1.54, 1.807) is 12.1 Å². The van der Waals surface area contributed by atoms with Crippen molar-refractivity contribution in [2.45, 2.75) is 26.7 Å². The molecule has 0 bridgehead atoms. The fraction of sp³-hybridized carbons (Fsp3) is 0.353. The minimum atomic E-state index is -0.726. The molecule has 1 aromatic rings. The Bertz CT molecular complexity index is 714. The molecule has 1 N–H and O–H groups in total. The standard InChI is InChI=1S/C17H18Cl2N2O3/c1-10(2)4-3-7-21-16(23)13(15(22)20-17(21)24)8-11-5-6-12(18)9-14(11)19/h5-6,8-10H,3-4,7H2,1-2H3,(H,20,22,24)/b13-8+. The summed E-state index contributed by atoms with van der Waals surface area (Å²) in [6.07, 6.45) is 2.94. The molecule has 2 rings (SSSR count). The number of imide groups is 2. The van der Waals surface area contributed by atoms with Crippen molar-refractivity contribution in [1.29, 1.82) is 0 Å². The van der Waals surface area contributed by atoms with Gasteiger partial charge < -0.3 is 0 Å². The van der Waals surface area contributed by atoms with Crippen LogP contribution < -0.4 is 5.32 Å². The maximum atomic E-state index is 12.5. The summed E-state index contributed by atoms with van der Waals surface area (Å²) in [5, 5.41) is 2.96. The number of nitrogens with one attached hydrogen (secondary N) is 1. The molecular formula is C17H18Cl2N2O3. The molecule has 0 saturated carbocycles. The first-order chi connectivity index (χ1) is 11.3. The molecule has 1 aromatic carbocycles. The molecule has 4 amide bonds. The highest BCUT2D eigenvalue weighted by Crippen LogP contribution is 2.24. The number of barbiturate groups is 1. The SMILES string of the molecule is CC(C)CCCN1C(=O)NC(=O)/C(=C\c2ccc(Cl)cc2Cl)C1=O. The first-order valence-electron chi connectivity index (χ1n) is 7.63. The van der Waals surface area contributed by atoms with Crippen LogP contribution in [0, 0.1) is 5.92 Å². The van der Waals surface area contributed by atoms with Gasteiger partial charge in [0.05, 0.1) is 0 Å². The highest BCUT2D eigenvalue weighted by Gasteiger charge is 2.35. The Balaban J connectivity index is 2.25. The van der Waals surface area contributed by atoms with E-state index in [9.17, 15) is 14.4 Å². The average Bonchev–Trinajstić information content (AvgIpc) is 2.48. The second kappa shape index (κ2) is 7.81. The molecule has 0 radical (unpaired) electrons. The van der Waals surface area contributed by atoms with Crippen molar-refractivity contribution in [2.24, 2.45) is 5.92 Å². The van der Waals surface area contributed by atoms with E-state index in [4.69, 9.17) is 23.2 Å². The van der Waals surface area contributed by atoms with Crippen LogP contribution in [0.2, 0.25) is 10.0 Å². The van der Waals surface area contributed by atoms with Crippen molar-refractivity contribution < 1.29 is 14.4 Å². The van der Waals surface area contributed by atoms with Crippen LogP contribution in [0.1, 0.15) is 32.3 Å². The number of hydrogen-bond acceptors (Lipinski definition) is 3. The van der Waals surface area contributed by atoms with Crippen molar-refractivity contribution in [3.8, 4) is 0 Å². The summed E-state index contributed by atoms with van der Waals surface area (Å²) in [6.45, 7) is 4.40. The summed E-state index contributed by atoms with van der Waals surface area (Å²) < 4.78 is 0. The lowest BCUT2D eigenvalue weighted by molar-refractivity contribution is -0.130. The van der Waals surface area contributed by atoms with Crippen LogP contribution in [0.25, 0.3) is 6.08 Å². The van der Waals surface area contributed by atoms with Gasteiger partial charge >= 0.3 is 6.03 Å². The van der Waals surface area contributed by atoms with Crippen LogP contribution in [-0.4, -0.2) is 29.3 Å². The molecular weight excluding hydrogens is 351 g/mol. The Morgan fingerprint density at radius 3 is 2.54 bits per heavy atom. The predicted molar refractivity (Wildman–Crippen MR) is 93.8 cm³/mol. The van der Waals surface area contributed by atoms with E-state index in [1.165, 1.54) is 12.1 Å². The lowest BCUT2D eigenvalue weighted by Crippen LogP contribution is -2.54. The maximum absolute atomic E-state index is 12.5. The minimum Gasteiger partial charge on any atom is -0.273 e. The first-order valence-corrected chi connectivity index (χ1v) is 8.39. The van der Waals surface area contributed by atoms with Crippen molar-refractivity contribution in [3.63, 3.8) is 0 Å². The highest BCUT2D eigenvalue weighted by molar-refractivity contribution is 6.36. The monoisotopic (exact) mass is 368 g/mol. The lowest BCUT2D eigenvalue weighted by atomic mass is 10.1. The van der Waals surface area contributed by atoms with Crippen LogP contribution in [0.3, 0.4) is 0 Å². The van der Waals surface area contributed by atoms with Gasteiger partial charge in [0.2, 0.25) is 0 Å². The summed E-state index contributed by atoms with van der Waals surface area (Å²) in [4.78, 5) is 37.5. The summed E-state index contributed by atoms with van der Waals surface area (Å²) in [5.41, 5.74) is 0.361. The number of nitrogens with zero attached hydrogens (tertiary/aromatic N) is 1. The Hall–Kier alpha value is -1.85. The van der Waals surface area contributed by atoms with Crippen LogP contribution in [0.15, 0.2) is 23.8 Å². The molecule has 1 heterocycles. The summed E-state index contributed by atoms with van der Waals surface area (Å²) in [6, 6.07) is 4.05. The fourth-order valence-corrected chi connectivity index (χ4v) is 2.79. The molecule has 0 atom stereocenters. The van der Waals surface area contributed by atoms with Gasteiger partial charge in [-0.05, 0) is 42.5 Å². The van der Waals surface area contributed by atoms with Gasteiger partial charge in [0.25, 0.3) is 11.8 Å². The number of urea groups is 1. The molecule has 128 valence electrons. The molecule has 1 aliphatic rings. The molecule has 0 unspecified atom stereocenters. The van der Waals surface area contributed by atoms with Crippen molar-refractivity contribution in [1.82, 2.24) is 10.2 Å². The van der Waals surface area contributed by atoms with Crippen molar-refractivity contribution in [2.75, 3.05) is 6.54 Å². The highest BCUT2D eigenvalue weighted by atomic mass is 35.5. The number of carbonyl (C=O) groups excluding carboxylic acids is 3. The quantitative estimate of drug-likeness (QED) is 0.633. The largest absolute Gasteiger partial charge is 0.331 e. The second-order valence-corrected chi connectivity index (χ2v) is 6.82. The number of carbonyl (C=O) groups is 3. The Labute approximate surface area is 150 Å². The van der Waals surface area contributed by atoms with E-state index in [0.717, 1.165) is 11.3 Å². The van der Waals surface area contributed by atoms with Crippen LogP contribution >= 0.6 is 23.2 Å². The van der Waals surface area contributed by atoms with Crippen LogP contribution in [0.4, 0.5) is 4.79 Å². The van der Waals surface area contributed by atoms with Gasteiger partial charge in [0, 0.05) is 16.6 Å². The third-order valence-corrected chi connectivity index (χ3v) is 4.17. The van der Waals surface area contributed by atoms with E-state index in [-0.39, 0.29) is 12.1 Å². The molecule has 0 aliphatic carbocycles. The van der Waals surface area contributed by atoms with Gasteiger partial charge in [-0.2, -0.15) is 0 Å². The molecule has 0 aromatic heterocycles. The van der Waals surface area contributed by atoms with E-state index < -0.39 is 17.8 Å². The number of halogens is 2. The lowest BCUT2D eigenvalue weighted by Gasteiger charge is -2.26. The Morgan fingerprint density at radius 2 is 1.92 bits per heavy atom. The number of benzene rings is 1. The van der Waals surface area contributed by atoms with E-state index in [2.05, 4.69) is 19.2 Å². The Kier molecular flexibility index (Phi) is 6.02. The zero-order chi connectivity index (χ0) is 17.9. The van der Waals surface area contributed by atoms with Gasteiger partial charge in [-0.15, -0.1) is 0 Å². The topological polar surface area (TPSA) is 66.5 Å². The molecule has 24 heavy (non-hydrogen) atoms. The number of rotatable bonds is 5. The number of amides is 4. The summed E-state index contributed by atoms with van der Waals surface area (Å²) in [7, 11) is 0. The van der Waals surface area contributed by atoms with Crippen LogP contribution in [0.5, 0.6) is 0 Å². The molecule has 0 spiro atoms. The van der Waals surface area contributed by atoms with E-state index >= 15 is 0 Å².